The number of esters is 1. The third kappa shape index (κ3) is 7.44. The summed E-state index contributed by atoms with van der Waals surface area (Å²) in [6.07, 6.45) is 0. The smallest absolute Gasteiger partial charge is 0.316 e. The molecule has 0 fully saturated rings. The fourth-order valence-corrected chi connectivity index (χ4v) is 2.85. The lowest BCUT2D eigenvalue weighted by atomic mass is 10.1. The maximum absolute atomic E-state index is 12.0. The van der Waals surface area contributed by atoms with E-state index in [1.807, 2.05) is 38.1 Å². The Labute approximate surface area is 168 Å². The zero-order chi connectivity index (χ0) is 20.4. The molecule has 0 aliphatic rings. The predicted molar refractivity (Wildman–Crippen MR) is 110 cm³/mol. The van der Waals surface area contributed by atoms with Crippen molar-refractivity contribution in [2.45, 2.75) is 13.8 Å². The van der Waals surface area contributed by atoms with Gasteiger partial charge in [0.2, 0.25) is 5.91 Å². The summed E-state index contributed by atoms with van der Waals surface area (Å²) in [6.45, 7) is 4.06. The highest BCUT2D eigenvalue weighted by molar-refractivity contribution is 8.00. The number of anilines is 1. The van der Waals surface area contributed by atoms with Gasteiger partial charge in [0.25, 0.3) is 0 Å². The van der Waals surface area contributed by atoms with Crippen LogP contribution in [0.15, 0.2) is 48.5 Å². The van der Waals surface area contributed by atoms with E-state index in [1.54, 1.807) is 24.3 Å². The fourth-order valence-electron chi connectivity index (χ4n) is 2.24. The van der Waals surface area contributed by atoms with Crippen LogP contribution in [0.2, 0.25) is 0 Å². The lowest BCUT2D eigenvalue weighted by molar-refractivity contribution is -0.139. The van der Waals surface area contributed by atoms with E-state index in [9.17, 15) is 14.4 Å². The first-order valence-electron chi connectivity index (χ1n) is 8.84. The van der Waals surface area contributed by atoms with Crippen LogP contribution in [0.3, 0.4) is 0 Å². The van der Waals surface area contributed by atoms with Crippen molar-refractivity contribution in [3.63, 3.8) is 0 Å². The molecule has 0 unspecified atom stereocenters. The van der Waals surface area contributed by atoms with E-state index in [1.165, 1.54) is 0 Å². The molecule has 0 spiro atoms. The molecule has 7 heteroatoms. The number of ketones is 1. The Bertz CT molecular complexity index is 803. The average molecular weight is 401 g/mol. The number of ether oxygens (including phenoxy) is 2. The first-order chi connectivity index (χ1) is 13.5. The molecule has 0 aromatic heterocycles. The summed E-state index contributed by atoms with van der Waals surface area (Å²) in [5, 5.41) is 2.75. The van der Waals surface area contributed by atoms with Gasteiger partial charge >= 0.3 is 5.97 Å². The van der Waals surface area contributed by atoms with Crippen LogP contribution in [0.5, 0.6) is 5.75 Å². The maximum atomic E-state index is 12.0. The molecule has 0 saturated carbocycles. The lowest BCUT2D eigenvalue weighted by Gasteiger charge is -2.07. The van der Waals surface area contributed by atoms with E-state index >= 15 is 0 Å². The van der Waals surface area contributed by atoms with Gasteiger partial charge < -0.3 is 14.8 Å². The number of thioether (sulfide) groups is 1. The summed E-state index contributed by atoms with van der Waals surface area (Å²) in [6, 6.07) is 14.1. The molecule has 28 heavy (non-hydrogen) atoms. The van der Waals surface area contributed by atoms with Crippen molar-refractivity contribution in [3.05, 3.63) is 59.7 Å². The van der Waals surface area contributed by atoms with Crippen LogP contribution in [-0.4, -0.2) is 42.4 Å². The molecule has 0 aliphatic carbocycles. The van der Waals surface area contributed by atoms with Gasteiger partial charge in [0, 0.05) is 11.3 Å². The first kappa shape index (κ1) is 21.5. The van der Waals surface area contributed by atoms with Crippen LogP contribution in [0, 0.1) is 6.92 Å². The van der Waals surface area contributed by atoms with Crippen molar-refractivity contribution in [2.24, 2.45) is 0 Å². The summed E-state index contributed by atoms with van der Waals surface area (Å²) < 4.78 is 10.3. The fraction of sp³-hybridized carbons (Fsp3) is 0.286. The minimum atomic E-state index is -0.535. The number of aryl methyl sites for hydroxylation is 1. The Morgan fingerprint density at radius 2 is 1.64 bits per heavy atom. The number of carbonyl (C=O) groups is 3. The van der Waals surface area contributed by atoms with Crippen molar-refractivity contribution in [1.29, 1.82) is 0 Å². The SMILES string of the molecule is CCOc1ccc(C(=O)COC(=O)CSCC(=O)Nc2ccc(C)cc2)cc1. The van der Waals surface area contributed by atoms with Crippen LogP contribution < -0.4 is 10.1 Å². The van der Waals surface area contributed by atoms with Gasteiger partial charge in [0.1, 0.15) is 5.75 Å². The standard InChI is InChI=1S/C21H23NO5S/c1-3-26-18-10-6-16(7-11-18)19(23)12-27-21(25)14-28-13-20(24)22-17-8-4-15(2)5-9-17/h4-11H,3,12-14H2,1-2H3,(H,22,24). The third-order valence-corrected chi connectivity index (χ3v) is 4.55. The van der Waals surface area contributed by atoms with Crippen LogP contribution in [0.25, 0.3) is 0 Å². The Morgan fingerprint density at radius 3 is 2.29 bits per heavy atom. The molecule has 2 aromatic carbocycles. The normalized spacial score (nSPS) is 10.2. The molecular formula is C21H23NO5S. The highest BCUT2D eigenvalue weighted by Gasteiger charge is 2.11. The molecule has 0 radical (unpaired) electrons. The molecule has 0 bridgehead atoms. The zero-order valence-corrected chi connectivity index (χ0v) is 16.7. The van der Waals surface area contributed by atoms with E-state index in [2.05, 4.69) is 5.32 Å². The monoisotopic (exact) mass is 401 g/mol. The molecular weight excluding hydrogens is 378 g/mol. The minimum absolute atomic E-state index is 0.00211. The second kappa shape index (κ2) is 11.1. The summed E-state index contributed by atoms with van der Waals surface area (Å²) in [5.41, 5.74) is 2.26. The third-order valence-electron chi connectivity index (χ3n) is 3.64. The minimum Gasteiger partial charge on any atom is -0.494 e. The Hall–Kier alpha value is -2.80. The first-order valence-corrected chi connectivity index (χ1v) is 9.99. The summed E-state index contributed by atoms with van der Waals surface area (Å²) in [5.74, 6) is -0.234. The van der Waals surface area contributed by atoms with Gasteiger partial charge in [-0.2, -0.15) is 0 Å². The molecule has 0 saturated heterocycles. The van der Waals surface area contributed by atoms with E-state index in [-0.39, 0.29) is 29.8 Å². The lowest BCUT2D eigenvalue weighted by Crippen LogP contribution is -2.18. The topological polar surface area (TPSA) is 81.7 Å². The molecule has 1 N–H and O–H groups in total. The highest BCUT2D eigenvalue weighted by atomic mass is 32.2. The largest absolute Gasteiger partial charge is 0.494 e. The van der Waals surface area contributed by atoms with Gasteiger partial charge in [0.05, 0.1) is 18.1 Å². The average Bonchev–Trinajstić information content (AvgIpc) is 2.69. The van der Waals surface area contributed by atoms with E-state index in [4.69, 9.17) is 9.47 Å². The maximum Gasteiger partial charge on any atom is 0.316 e. The van der Waals surface area contributed by atoms with Crippen LogP contribution in [0.1, 0.15) is 22.8 Å². The second-order valence-electron chi connectivity index (χ2n) is 5.95. The molecule has 148 valence electrons. The zero-order valence-electron chi connectivity index (χ0n) is 15.9. The quantitative estimate of drug-likeness (QED) is 0.485. The number of benzene rings is 2. The molecule has 6 nitrogen and oxygen atoms in total. The number of hydrogen-bond donors (Lipinski definition) is 1. The number of amides is 1. The number of carbonyl (C=O) groups excluding carboxylic acids is 3. The van der Waals surface area contributed by atoms with Gasteiger partial charge in [-0.25, -0.2) is 0 Å². The van der Waals surface area contributed by atoms with Gasteiger partial charge in [-0.3, -0.25) is 14.4 Å². The Kier molecular flexibility index (Phi) is 8.55. The highest BCUT2D eigenvalue weighted by Crippen LogP contribution is 2.13. The van der Waals surface area contributed by atoms with Crippen molar-refractivity contribution in [3.8, 4) is 5.75 Å². The van der Waals surface area contributed by atoms with Crippen LogP contribution in [0.4, 0.5) is 5.69 Å². The van der Waals surface area contributed by atoms with Crippen LogP contribution in [-0.2, 0) is 14.3 Å². The van der Waals surface area contributed by atoms with Gasteiger partial charge in [0.15, 0.2) is 12.4 Å². The molecule has 0 heterocycles. The van der Waals surface area contributed by atoms with Crippen molar-refractivity contribution < 1.29 is 23.9 Å². The summed E-state index contributed by atoms with van der Waals surface area (Å²) in [4.78, 5) is 35.6. The number of hydrogen-bond acceptors (Lipinski definition) is 6. The summed E-state index contributed by atoms with van der Waals surface area (Å²) in [7, 11) is 0. The molecule has 2 rings (SSSR count). The number of nitrogens with one attached hydrogen (secondary N) is 1. The van der Waals surface area contributed by atoms with Crippen molar-refractivity contribution in [1.82, 2.24) is 0 Å². The van der Waals surface area contributed by atoms with Gasteiger partial charge in [-0.05, 0) is 50.2 Å². The van der Waals surface area contributed by atoms with Gasteiger partial charge in [-0.1, -0.05) is 17.7 Å². The van der Waals surface area contributed by atoms with Crippen LogP contribution >= 0.6 is 11.8 Å². The molecule has 0 atom stereocenters. The Balaban J connectivity index is 1.65. The predicted octanol–water partition coefficient (Wildman–Crippen LogP) is 3.49. The van der Waals surface area contributed by atoms with Crippen molar-refractivity contribution >= 4 is 35.1 Å². The molecule has 0 aliphatic heterocycles. The van der Waals surface area contributed by atoms with E-state index in [0.717, 1.165) is 17.3 Å². The molecule has 2 aromatic rings. The van der Waals surface area contributed by atoms with E-state index in [0.29, 0.717) is 23.6 Å². The van der Waals surface area contributed by atoms with E-state index < -0.39 is 5.97 Å². The van der Waals surface area contributed by atoms with Gasteiger partial charge in [-0.15, -0.1) is 11.8 Å². The number of Topliss-reactive ketones (excluding diaryl/α,β-unsaturated/α-hetero) is 1. The second-order valence-corrected chi connectivity index (χ2v) is 6.93. The van der Waals surface area contributed by atoms with Crippen molar-refractivity contribution in [2.75, 3.05) is 30.0 Å². The number of rotatable bonds is 10. The summed E-state index contributed by atoms with van der Waals surface area (Å²) >= 11 is 1.13. The Morgan fingerprint density at radius 1 is 0.964 bits per heavy atom. The molecule has 1 amide bonds.